The van der Waals surface area contributed by atoms with E-state index in [1.165, 1.54) is 0 Å². The van der Waals surface area contributed by atoms with Crippen molar-refractivity contribution in [3.05, 3.63) is 52.0 Å². The molecule has 2 aliphatic heterocycles. The zero-order chi connectivity index (χ0) is 21.1. The van der Waals surface area contributed by atoms with Gasteiger partial charge < -0.3 is 24.0 Å². The minimum Gasteiger partial charge on any atom is -0.485 e. The molecule has 2 heterocycles. The van der Waals surface area contributed by atoms with Crippen LogP contribution >= 0.6 is 27.5 Å². The Kier molecular flexibility index (Phi) is 6.34. The van der Waals surface area contributed by atoms with Crippen LogP contribution in [-0.4, -0.2) is 67.1 Å². The largest absolute Gasteiger partial charge is 0.485 e. The van der Waals surface area contributed by atoms with Gasteiger partial charge in [0.2, 0.25) is 6.10 Å². The zero-order valence-corrected chi connectivity index (χ0v) is 18.4. The van der Waals surface area contributed by atoms with Crippen LogP contribution in [0.3, 0.4) is 0 Å². The number of fused-ring (bicyclic) bond motifs is 1. The molecule has 0 N–H and O–H groups in total. The summed E-state index contributed by atoms with van der Waals surface area (Å²) < 4.78 is 17.7. The van der Waals surface area contributed by atoms with Gasteiger partial charge in [0.1, 0.15) is 12.4 Å². The highest BCUT2D eigenvalue weighted by Crippen LogP contribution is 2.31. The van der Waals surface area contributed by atoms with Gasteiger partial charge in [0.25, 0.3) is 11.8 Å². The summed E-state index contributed by atoms with van der Waals surface area (Å²) in [6, 6.07) is 12.4. The van der Waals surface area contributed by atoms with Crippen molar-refractivity contribution in [2.75, 3.05) is 39.4 Å². The number of carbonyl (C=O) groups is 2. The number of benzene rings is 2. The maximum atomic E-state index is 12.8. The van der Waals surface area contributed by atoms with E-state index in [-0.39, 0.29) is 25.0 Å². The Hall–Kier alpha value is -2.45. The summed E-state index contributed by atoms with van der Waals surface area (Å²) in [5, 5.41) is 0.581. The van der Waals surface area contributed by atoms with E-state index in [0.717, 1.165) is 0 Å². The second kappa shape index (κ2) is 9.14. The van der Waals surface area contributed by atoms with Gasteiger partial charge in [-0.15, -0.1) is 0 Å². The van der Waals surface area contributed by atoms with Crippen molar-refractivity contribution in [3.63, 3.8) is 0 Å². The summed E-state index contributed by atoms with van der Waals surface area (Å²) in [7, 11) is 0. The van der Waals surface area contributed by atoms with Gasteiger partial charge in [-0.1, -0.05) is 23.7 Å². The molecule has 30 heavy (non-hydrogen) atoms. The molecule has 1 saturated heterocycles. The van der Waals surface area contributed by atoms with Crippen molar-refractivity contribution >= 4 is 39.3 Å². The van der Waals surface area contributed by atoms with Gasteiger partial charge in [-0.3, -0.25) is 9.59 Å². The van der Waals surface area contributed by atoms with Crippen LogP contribution in [0.4, 0.5) is 0 Å². The minimum absolute atomic E-state index is 0.0788. The molecule has 0 saturated carbocycles. The van der Waals surface area contributed by atoms with E-state index in [9.17, 15) is 9.59 Å². The van der Waals surface area contributed by atoms with Crippen LogP contribution in [0.15, 0.2) is 46.9 Å². The van der Waals surface area contributed by atoms with Crippen molar-refractivity contribution in [1.82, 2.24) is 9.80 Å². The Morgan fingerprint density at radius 1 is 1.07 bits per heavy atom. The number of rotatable bonds is 4. The van der Waals surface area contributed by atoms with Gasteiger partial charge in [-0.05, 0) is 46.3 Å². The van der Waals surface area contributed by atoms with Gasteiger partial charge in [0.05, 0.1) is 4.47 Å². The van der Waals surface area contributed by atoms with Crippen LogP contribution in [0.1, 0.15) is 0 Å². The average molecular weight is 496 g/mol. The molecule has 1 atom stereocenters. The molecule has 158 valence electrons. The molecule has 2 aliphatic rings. The van der Waals surface area contributed by atoms with Crippen LogP contribution in [0.2, 0.25) is 5.02 Å². The SMILES string of the molecule is O=C(COc1ccc(Cl)cc1Br)N1CCN(C(=O)C2COc3ccccc3O2)CC1. The summed E-state index contributed by atoms with van der Waals surface area (Å²) in [5.74, 6) is 1.51. The van der Waals surface area contributed by atoms with Gasteiger partial charge in [0.15, 0.2) is 18.1 Å². The number of nitrogens with zero attached hydrogens (tertiary/aromatic N) is 2. The number of hydrogen-bond acceptors (Lipinski definition) is 5. The number of hydrogen-bond donors (Lipinski definition) is 0. The molecule has 0 aliphatic carbocycles. The summed E-state index contributed by atoms with van der Waals surface area (Å²) >= 11 is 9.28. The summed E-state index contributed by atoms with van der Waals surface area (Å²) in [6.45, 7) is 1.87. The lowest BCUT2D eigenvalue weighted by atomic mass is 10.2. The molecule has 2 amide bonds. The van der Waals surface area contributed by atoms with Crippen molar-refractivity contribution < 1.29 is 23.8 Å². The Morgan fingerprint density at radius 2 is 1.77 bits per heavy atom. The first kappa shape index (κ1) is 20.8. The minimum atomic E-state index is -0.673. The highest BCUT2D eigenvalue weighted by molar-refractivity contribution is 9.10. The lowest BCUT2D eigenvalue weighted by molar-refractivity contribution is -0.146. The number of ether oxygens (including phenoxy) is 3. The normalized spacial score (nSPS) is 18.1. The van der Waals surface area contributed by atoms with Crippen LogP contribution in [0.5, 0.6) is 17.2 Å². The Morgan fingerprint density at radius 3 is 2.50 bits per heavy atom. The Balaban J connectivity index is 1.26. The Labute approximate surface area is 187 Å². The predicted molar refractivity (Wildman–Crippen MR) is 114 cm³/mol. The summed E-state index contributed by atoms with van der Waals surface area (Å²) in [5.41, 5.74) is 0. The van der Waals surface area contributed by atoms with Crippen molar-refractivity contribution in [2.24, 2.45) is 0 Å². The Bertz CT molecular complexity index is 949. The van der Waals surface area contributed by atoms with E-state index in [0.29, 0.717) is 52.9 Å². The lowest BCUT2D eigenvalue weighted by Gasteiger charge is -2.37. The number of halogens is 2. The van der Waals surface area contributed by atoms with Crippen LogP contribution in [0, 0.1) is 0 Å². The molecule has 7 nitrogen and oxygen atoms in total. The third kappa shape index (κ3) is 4.65. The molecule has 9 heteroatoms. The van der Waals surface area contributed by atoms with Gasteiger partial charge in [-0.2, -0.15) is 0 Å². The fourth-order valence-corrected chi connectivity index (χ4v) is 4.14. The van der Waals surface area contributed by atoms with E-state index >= 15 is 0 Å². The van der Waals surface area contributed by atoms with Crippen molar-refractivity contribution in [1.29, 1.82) is 0 Å². The molecule has 0 aromatic heterocycles. The van der Waals surface area contributed by atoms with Gasteiger partial charge in [-0.25, -0.2) is 0 Å². The third-order valence-electron chi connectivity index (χ3n) is 4.97. The monoisotopic (exact) mass is 494 g/mol. The van der Waals surface area contributed by atoms with Crippen LogP contribution < -0.4 is 14.2 Å². The maximum Gasteiger partial charge on any atom is 0.267 e. The second-order valence-electron chi connectivity index (χ2n) is 6.93. The second-order valence-corrected chi connectivity index (χ2v) is 8.22. The molecule has 0 bridgehead atoms. The zero-order valence-electron chi connectivity index (χ0n) is 16.1. The molecule has 2 aromatic carbocycles. The quantitative estimate of drug-likeness (QED) is 0.652. The van der Waals surface area contributed by atoms with Crippen molar-refractivity contribution in [2.45, 2.75) is 6.10 Å². The fourth-order valence-electron chi connectivity index (χ4n) is 3.34. The number of amides is 2. The lowest BCUT2D eigenvalue weighted by Crippen LogP contribution is -2.55. The number of carbonyl (C=O) groups excluding carboxylic acids is 2. The maximum absolute atomic E-state index is 12.8. The molecule has 4 rings (SSSR count). The molecule has 0 radical (unpaired) electrons. The van der Waals surface area contributed by atoms with Gasteiger partial charge in [0, 0.05) is 31.2 Å². The summed E-state index contributed by atoms with van der Waals surface area (Å²) in [6.07, 6.45) is -0.673. The topological polar surface area (TPSA) is 68.3 Å². The molecule has 0 spiro atoms. The van der Waals surface area contributed by atoms with E-state index < -0.39 is 6.10 Å². The average Bonchev–Trinajstić information content (AvgIpc) is 2.77. The van der Waals surface area contributed by atoms with E-state index in [4.69, 9.17) is 25.8 Å². The first-order valence-electron chi connectivity index (χ1n) is 9.54. The highest BCUT2D eigenvalue weighted by atomic mass is 79.9. The first-order valence-corrected chi connectivity index (χ1v) is 10.7. The summed E-state index contributed by atoms with van der Waals surface area (Å²) in [4.78, 5) is 28.7. The molecular weight excluding hydrogens is 476 g/mol. The number of piperazine rings is 1. The highest BCUT2D eigenvalue weighted by Gasteiger charge is 2.33. The third-order valence-corrected chi connectivity index (χ3v) is 5.83. The van der Waals surface area contributed by atoms with Crippen LogP contribution in [0.25, 0.3) is 0 Å². The van der Waals surface area contributed by atoms with Crippen LogP contribution in [-0.2, 0) is 9.59 Å². The van der Waals surface area contributed by atoms with Gasteiger partial charge >= 0.3 is 0 Å². The van der Waals surface area contributed by atoms with E-state index in [1.807, 2.05) is 18.2 Å². The predicted octanol–water partition coefficient (Wildman–Crippen LogP) is 2.99. The number of para-hydroxylation sites is 2. The van der Waals surface area contributed by atoms with E-state index in [1.54, 1.807) is 34.1 Å². The molecule has 1 fully saturated rings. The smallest absolute Gasteiger partial charge is 0.267 e. The first-order chi connectivity index (χ1) is 14.5. The molecule has 2 aromatic rings. The van der Waals surface area contributed by atoms with E-state index in [2.05, 4.69) is 15.9 Å². The standard InChI is InChI=1S/C21H20BrClN2O5/c22-15-11-14(23)5-6-16(15)29-13-20(26)24-7-9-25(10-8-24)21(27)19-12-28-17-3-1-2-4-18(17)30-19/h1-6,11,19H,7-10,12-13H2. The molecular formula is C21H20BrClN2O5. The fraction of sp³-hybridized carbons (Fsp3) is 0.333. The molecule has 1 unspecified atom stereocenters. The van der Waals surface area contributed by atoms with Crippen molar-refractivity contribution in [3.8, 4) is 17.2 Å².